The molecule has 2 heterocycles. The molecule has 2 aromatic rings. The van der Waals surface area contributed by atoms with Crippen molar-refractivity contribution in [2.75, 3.05) is 0 Å². The minimum Gasteiger partial charge on any atom is -0.322 e. The fourth-order valence-corrected chi connectivity index (χ4v) is 2.34. The smallest absolute Gasteiger partial charge is 0.0898 e. The lowest BCUT2D eigenvalue weighted by atomic mass is 10.1. The molecule has 0 aliphatic carbocycles. The second kappa shape index (κ2) is 5.38. The Morgan fingerprint density at radius 3 is 2.76 bits per heavy atom. The van der Waals surface area contributed by atoms with Gasteiger partial charge in [0.2, 0.25) is 0 Å². The van der Waals surface area contributed by atoms with Gasteiger partial charge in [0.25, 0.3) is 0 Å². The molecule has 2 aromatic heterocycles. The van der Waals surface area contributed by atoms with Gasteiger partial charge in [-0.1, -0.05) is 13.0 Å². The van der Waals surface area contributed by atoms with Gasteiger partial charge in [-0.05, 0) is 25.0 Å². The maximum Gasteiger partial charge on any atom is 0.0898 e. The van der Waals surface area contributed by atoms with Crippen LogP contribution in [0.15, 0.2) is 23.7 Å². The SMILES string of the molecule is CCc1ccc(CC(N)c2csc(C)n2)nc1. The second-order valence-electron chi connectivity index (χ2n) is 4.11. The summed E-state index contributed by atoms with van der Waals surface area (Å²) in [6, 6.07) is 4.11. The van der Waals surface area contributed by atoms with Crippen LogP contribution in [0.5, 0.6) is 0 Å². The van der Waals surface area contributed by atoms with Gasteiger partial charge < -0.3 is 5.73 Å². The number of aryl methyl sites for hydroxylation is 2. The number of hydrogen-bond donors (Lipinski definition) is 1. The number of hydrogen-bond acceptors (Lipinski definition) is 4. The zero-order valence-electron chi connectivity index (χ0n) is 10.2. The molecule has 0 spiro atoms. The Bertz CT molecular complexity index is 476. The molecule has 2 N–H and O–H groups in total. The summed E-state index contributed by atoms with van der Waals surface area (Å²) in [7, 11) is 0. The van der Waals surface area contributed by atoms with E-state index in [0.29, 0.717) is 0 Å². The molecule has 3 nitrogen and oxygen atoms in total. The number of thiazole rings is 1. The van der Waals surface area contributed by atoms with E-state index in [1.165, 1.54) is 5.56 Å². The maximum atomic E-state index is 6.12. The highest BCUT2D eigenvalue weighted by atomic mass is 32.1. The lowest BCUT2D eigenvalue weighted by Crippen LogP contribution is -2.14. The number of aromatic nitrogens is 2. The molecule has 0 fully saturated rings. The fourth-order valence-electron chi connectivity index (χ4n) is 1.67. The molecular weight excluding hydrogens is 230 g/mol. The quantitative estimate of drug-likeness (QED) is 0.903. The Morgan fingerprint density at radius 2 is 2.24 bits per heavy atom. The molecule has 0 amide bonds. The number of pyridine rings is 1. The van der Waals surface area contributed by atoms with Gasteiger partial charge in [0.1, 0.15) is 0 Å². The molecule has 0 saturated heterocycles. The molecule has 1 unspecified atom stereocenters. The highest BCUT2D eigenvalue weighted by Crippen LogP contribution is 2.17. The molecule has 0 radical (unpaired) electrons. The second-order valence-corrected chi connectivity index (χ2v) is 5.18. The van der Waals surface area contributed by atoms with Crippen LogP contribution in [0.3, 0.4) is 0 Å². The van der Waals surface area contributed by atoms with Crippen LogP contribution < -0.4 is 5.73 Å². The monoisotopic (exact) mass is 247 g/mol. The zero-order chi connectivity index (χ0) is 12.3. The predicted molar refractivity (Wildman–Crippen MR) is 71.1 cm³/mol. The molecular formula is C13H17N3S. The summed E-state index contributed by atoms with van der Waals surface area (Å²) in [5.41, 5.74) is 9.37. The van der Waals surface area contributed by atoms with E-state index in [1.807, 2.05) is 18.5 Å². The Morgan fingerprint density at radius 1 is 1.41 bits per heavy atom. The molecule has 0 bridgehead atoms. The average molecular weight is 247 g/mol. The highest BCUT2D eigenvalue weighted by Gasteiger charge is 2.10. The first-order chi connectivity index (χ1) is 8.19. The molecule has 2 rings (SSSR count). The summed E-state index contributed by atoms with van der Waals surface area (Å²) in [4.78, 5) is 8.82. The van der Waals surface area contributed by atoms with Crippen LogP contribution in [0.25, 0.3) is 0 Å². The third kappa shape index (κ3) is 3.11. The summed E-state index contributed by atoms with van der Waals surface area (Å²) in [5, 5.41) is 3.09. The van der Waals surface area contributed by atoms with Crippen molar-refractivity contribution in [1.29, 1.82) is 0 Å². The third-order valence-corrected chi connectivity index (χ3v) is 3.53. The lowest BCUT2D eigenvalue weighted by molar-refractivity contribution is 0.686. The van der Waals surface area contributed by atoms with E-state index in [1.54, 1.807) is 11.3 Å². The van der Waals surface area contributed by atoms with Crippen LogP contribution in [0.4, 0.5) is 0 Å². The number of nitrogens with zero attached hydrogens (tertiary/aromatic N) is 2. The van der Waals surface area contributed by atoms with Crippen LogP contribution in [0, 0.1) is 6.92 Å². The normalized spacial score (nSPS) is 12.6. The van der Waals surface area contributed by atoms with Crippen molar-refractivity contribution in [2.24, 2.45) is 5.73 Å². The van der Waals surface area contributed by atoms with E-state index >= 15 is 0 Å². The van der Waals surface area contributed by atoms with Gasteiger partial charge in [-0.25, -0.2) is 4.98 Å². The lowest BCUT2D eigenvalue weighted by Gasteiger charge is -2.08. The van der Waals surface area contributed by atoms with Crippen LogP contribution in [0.2, 0.25) is 0 Å². The largest absolute Gasteiger partial charge is 0.322 e. The minimum atomic E-state index is -0.0556. The number of nitrogens with two attached hydrogens (primary N) is 1. The molecule has 90 valence electrons. The van der Waals surface area contributed by atoms with Gasteiger partial charge in [0.05, 0.1) is 16.7 Å². The molecule has 4 heteroatoms. The average Bonchev–Trinajstić information content (AvgIpc) is 2.77. The Hall–Kier alpha value is -1.26. The van der Waals surface area contributed by atoms with Gasteiger partial charge in [0.15, 0.2) is 0 Å². The first-order valence-corrected chi connectivity index (χ1v) is 6.68. The van der Waals surface area contributed by atoms with E-state index in [4.69, 9.17) is 5.73 Å². The van der Waals surface area contributed by atoms with Gasteiger partial charge in [0, 0.05) is 23.7 Å². The Kier molecular flexibility index (Phi) is 3.86. The Balaban J connectivity index is 2.04. The fraction of sp³-hybridized carbons (Fsp3) is 0.385. The van der Waals surface area contributed by atoms with Crippen molar-refractivity contribution < 1.29 is 0 Å². The van der Waals surface area contributed by atoms with E-state index in [0.717, 1.165) is 29.2 Å². The van der Waals surface area contributed by atoms with Crippen molar-refractivity contribution >= 4 is 11.3 Å². The standard InChI is InChI=1S/C13H17N3S/c1-3-10-4-5-11(15-7-10)6-12(14)13-8-17-9(2)16-13/h4-5,7-8,12H,3,6,14H2,1-2H3. The first-order valence-electron chi connectivity index (χ1n) is 5.80. The van der Waals surface area contributed by atoms with E-state index in [2.05, 4.69) is 29.0 Å². The van der Waals surface area contributed by atoms with Crippen LogP contribution in [0.1, 0.15) is 34.9 Å². The summed E-state index contributed by atoms with van der Waals surface area (Å²) >= 11 is 1.64. The molecule has 0 aromatic carbocycles. The minimum absolute atomic E-state index is 0.0556. The van der Waals surface area contributed by atoms with Crippen LogP contribution in [-0.2, 0) is 12.8 Å². The number of rotatable bonds is 4. The van der Waals surface area contributed by atoms with E-state index in [-0.39, 0.29) is 6.04 Å². The molecule has 1 atom stereocenters. The van der Waals surface area contributed by atoms with Crippen LogP contribution >= 0.6 is 11.3 Å². The van der Waals surface area contributed by atoms with Crippen molar-refractivity contribution in [1.82, 2.24) is 9.97 Å². The summed E-state index contributed by atoms with van der Waals surface area (Å²) in [5.74, 6) is 0. The molecule has 0 aliphatic rings. The first kappa shape index (κ1) is 12.2. The summed E-state index contributed by atoms with van der Waals surface area (Å²) < 4.78 is 0. The van der Waals surface area contributed by atoms with Gasteiger partial charge in [-0.2, -0.15) is 0 Å². The van der Waals surface area contributed by atoms with Crippen molar-refractivity contribution in [3.63, 3.8) is 0 Å². The third-order valence-electron chi connectivity index (χ3n) is 2.74. The zero-order valence-corrected chi connectivity index (χ0v) is 11.0. The highest BCUT2D eigenvalue weighted by molar-refractivity contribution is 7.09. The van der Waals surface area contributed by atoms with Gasteiger partial charge in [-0.15, -0.1) is 11.3 Å². The Labute approximate surface area is 106 Å². The predicted octanol–water partition coefficient (Wildman–Crippen LogP) is 2.65. The van der Waals surface area contributed by atoms with Gasteiger partial charge >= 0.3 is 0 Å². The maximum absolute atomic E-state index is 6.12. The van der Waals surface area contributed by atoms with Crippen molar-refractivity contribution in [2.45, 2.75) is 32.7 Å². The molecule has 0 saturated carbocycles. The van der Waals surface area contributed by atoms with Crippen molar-refractivity contribution in [3.8, 4) is 0 Å². The van der Waals surface area contributed by atoms with E-state index in [9.17, 15) is 0 Å². The summed E-state index contributed by atoms with van der Waals surface area (Å²) in [6.07, 6.45) is 3.69. The topological polar surface area (TPSA) is 51.8 Å². The molecule has 17 heavy (non-hydrogen) atoms. The van der Waals surface area contributed by atoms with Crippen molar-refractivity contribution in [3.05, 3.63) is 45.7 Å². The van der Waals surface area contributed by atoms with Crippen LogP contribution in [-0.4, -0.2) is 9.97 Å². The van der Waals surface area contributed by atoms with E-state index < -0.39 is 0 Å². The summed E-state index contributed by atoms with van der Waals surface area (Å²) in [6.45, 7) is 4.12. The molecule has 0 aliphatic heterocycles. The van der Waals surface area contributed by atoms with Gasteiger partial charge in [-0.3, -0.25) is 4.98 Å².